The Hall–Kier alpha value is -0.950. The van der Waals surface area contributed by atoms with Crippen LogP contribution in [0.4, 0.5) is 8.78 Å². The van der Waals surface area contributed by atoms with Crippen molar-refractivity contribution in [3.63, 3.8) is 0 Å². The Kier molecular flexibility index (Phi) is 11.4. The third kappa shape index (κ3) is 8.00. The summed E-state index contributed by atoms with van der Waals surface area (Å²) in [5.74, 6) is -0.434. The SMILES string of the molecule is CC(CC(=O)NC1CCN(Cc2ccc(F)c(F)c2)CC1)C1CCCNC1.Cl.Cl. The second kappa shape index (κ2) is 12.7. The molecule has 2 atom stereocenters. The van der Waals surface area contributed by atoms with E-state index in [0.29, 0.717) is 24.8 Å². The van der Waals surface area contributed by atoms with Gasteiger partial charge >= 0.3 is 0 Å². The van der Waals surface area contributed by atoms with Gasteiger partial charge in [0.15, 0.2) is 11.6 Å². The molecule has 0 radical (unpaired) electrons. The average Bonchev–Trinajstić information content (AvgIpc) is 2.67. The molecule has 2 saturated heterocycles. The first-order chi connectivity index (χ1) is 13.0. The highest BCUT2D eigenvalue weighted by Gasteiger charge is 2.25. The van der Waals surface area contributed by atoms with Crippen LogP contribution < -0.4 is 10.6 Å². The lowest BCUT2D eigenvalue weighted by Crippen LogP contribution is -2.45. The molecule has 4 nitrogen and oxygen atoms in total. The van der Waals surface area contributed by atoms with E-state index in [1.807, 2.05) is 0 Å². The molecule has 2 N–H and O–H groups in total. The zero-order valence-electron chi connectivity index (χ0n) is 17.0. The Morgan fingerprint density at radius 1 is 1.21 bits per heavy atom. The second-order valence-corrected chi connectivity index (χ2v) is 8.15. The summed E-state index contributed by atoms with van der Waals surface area (Å²) < 4.78 is 26.4. The molecule has 166 valence electrons. The van der Waals surface area contributed by atoms with E-state index in [9.17, 15) is 13.6 Å². The van der Waals surface area contributed by atoms with E-state index in [2.05, 4.69) is 22.5 Å². The summed E-state index contributed by atoms with van der Waals surface area (Å²) in [6.07, 6.45) is 4.81. The molecule has 0 spiro atoms. The van der Waals surface area contributed by atoms with Crippen molar-refractivity contribution in [1.82, 2.24) is 15.5 Å². The zero-order chi connectivity index (χ0) is 19.2. The van der Waals surface area contributed by atoms with Gasteiger partial charge in [0.1, 0.15) is 0 Å². The molecule has 0 aromatic heterocycles. The zero-order valence-corrected chi connectivity index (χ0v) is 18.6. The number of piperidine rings is 2. The highest BCUT2D eigenvalue weighted by atomic mass is 35.5. The molecule has 2 aliphatic rings. The van der Waals surface area contributed by atoms with E-state index < -0.39 is 11.6 Å². The molecular weight excluding hydrogens is 419 g/mol. The van der Waals surface area contributed by atoms with Gasteiger partial charge < -0.3 is 10.6 Å². The number of hydrogen-bond acceptors (Lipinski definition) is 3. The molecular formula is C21H33Cl2F2N3O. The van der Waals surface area contributed by atoms with Crippen LogP contribution in [0.2, 0.25) is 0 Å². The number of halogens is 4. The van der Waals surface area contributed by atoms with Crippen LogP contribution >= 0.6 is 24.8 Å². The van der Waals surface area contributed by atoms with E-state index in [4.69, 9.17) is 0 Å². The molecule has 1 aromatic carbocycles. The lowest BCUT2D eigenvalue weighted by molar-refractivity contribution is -0.123. The van der Waals surface area contributed by atoms with E-state index in [1.54, 1.807) is 6.07 Å². The molecule has 2 aliphatic heterocycles. The third-order valence-electron chi connectivity index (χ3n) is 5.99. The summed E-state index contributed by atoms with van der Waals surface area (Å²) in [5.41, 5.74) is 0.784. The smallest absolute Gasteiger partial charge is 0.220 e. The minimum Gasteiger partial charge on any atom is -0.353 e. The topological polar surface area (TPSA) is 44.4 Å². The molecule has 8 heteroatoms. The van der Waals surface area contributed by atoms with Crippen LogP contribution in [0.25, 0.3) is 0 Å². The van der Waals surface area contributed by atoms with Gasteiger partial charge in [-0.1, -0.05) is 13.0 Å². The van der Waals surface area contributed by atoms with Gasteiger partial charge in [0, 0.05) is 32.1 Å². The van der Waals surface area contributed by atoms with Gasteiger partial charge in [-0.05, 0) is 68.3 Å². The number of hydrogen-bond donors (Lipinski definition) is 2. The predicted octanol–water partition coefficient (Wildman–Crippen LogP) is 3.91. The van der Waals surface area contributed by atoms with E-state index in [1.165, 1.54) is 25.0 Å². The standard InChI is InChI=1S/C21H31F2N3O.2ClH/c1-15(17-3-2-8-24-13-17)11-21(27)25-18-6-9-26(10-7-18)14-16-4-5-19(22)20(23)12-16;;/h4-5,12,15,17-18,24H,2-3,6-11,13-14H2,1H3,(H,25,27);2*1H. The fraction of sp³-hybridized carbons (Fsp3) is 0.667. The van der Waals surface area contributed by atoms with Crippen LogP contribution in [-0.4, -0.2) is 43.0 Å². The van der Waals surface area contributed by atoms with E-state index in [0.717, 1.165) is 44.6 Å². The molecule has 0 aliphatic carbocycles. The highest BCUT2D eigenvalue weighted by molar-refractivity contribution is 5.85. The number of nitrogens with one attached hydrogen (secondary N) is 2. The molecule has 29 heavy (non-hydrogen) atoms. The van der Waals surface area contributed by atoms with Crippen molar-refractivity contribution in [1.29, 1.82) is 0 Å². The lowest BCUT2D eigenvalue weighted by atomic mass is 9.85. The number of carbonyl (C=O) groups is 1. The summed E-state index contributed by atoms with van der Waals surface area (Å²) in [6, 6.07) is 4.30. The largest absolute Gasteiger partial charge is 0.353 e. The Morgan fingerprint density at radius 2 is 1.93 bits per heavy atom. The van der Waals surface area contributed by atoms with Gasteiger partial charge in [0.2, 0.25) is 5.91 Å². The quantitative estimate of drug-likeness (QED) is 0.688. The maximum Gasteiger partial charge on any atom is 0.220 e. The fourth-order valence-electron chi connectivity index (χ4n) is 4.24. The predicted molar refractivity (Wildman–Crippen MR) is 117 cm³/mol. The number of nitrogens with zero attached hydrogens (tertiary/aromatic N) is 1. The fourth-order valence-corrected chi connectivity index (χ4v) is 4.24. The minimum absolute atomic E-state index is 0. The minimum atomic E-state index is -0.807. The number of rotatable bonds is 6. The van der Waals surface area contributed by atoms with Crippen LogP contribution in [0.5, 0.6) is 0 Å². The van der Waals surface area contributed by atoms with Crippen molar-refractivity contribution in [2.24, 2.45) is 11.8 Å². The van der Waals surface area contributed by atoms with Crippen molar-refractivity contribution in [3.8, 4) is 0 Å². The van der Waals surface area contributed by atoms with Crippen molar-refractivity contribution in [2.45, 2.75) is 51.6 Å². The summed E-state index contributed by atoms with van der Waals surface area (Å²) in [4.78, 5) is 14.6. The number of likely N-dealkylation sites (tertiary alicyclic amines) is 1. The van der Waals surface area contributed by atoms with Crippen LogP contribution in [0, 0.1) is 23.5 Å². The van der Waals surface area contributed by atoms with Crippen molar-refractivity contribution < 1.29 is 13.6 Å². The van der Waals surface area contributed by atoms with Gasteiger partial charge in [-0.2, -0.15) is 0 Å². The van der Waals surface area contributed by atoms with Crippen LogP contribution in [0.3, 0.4) is 0 Å². The van der Waals surface area contributed by atoms with Crippen molar-refractivity contribution >= 4 is 30.7 Å². The molecule has 1 amide bonds. The van der Waals surface area contributed by atoms with E-state index >= 15 is 0 Å². The molecule has 2 unspecified atom stereocenters. The van der Waals surface area contributed by atoms with Gasteiger partial charge in [-0.25, -0.2) is 8.78 Å². The second-order valence-electron chi connectivity index (χ2n) is 8.15. The molecule has 3 rings (SSSR count). The van der Waals surface area contributed by atoms with Crippen LogP contribution in [0.15, 0.2) is 18.2 Å². The maximum atomic E-state index is 13.3. The third-order valence-corrected chi connectivity index (χ3v) is 5.99. The van der Waals surface area contributed by atoms with Crippen molar-refractivity contribution in [3.05, 3.63) is 35.4 Å². The summed E-state index contributed by atoms with van der Waals surface area (Å²) in [7, 11) is 0. The van der Waals surface area contributed by atoms with Crippen molar-refractivity contribution in [2.75, 3.05) is 26.2 Å². The molecule has 0 bridgehead atoms. The van der Waals surface area contributed by atoms with Gasteiger partial charge in [0.05, 0.1) is 0 Å². The highest BCUT2D eigenvalue weighted by Crippen LogP contribution is 2.23. The molecule has 0 saturated carbocycles. The summed E-state index contributed by atoms with van der Waals surface area (Å²) in [6.45, 7) is 6.62. The Morgan fingerprint density at radius 3 is 2.55 bits per heavy atom. The number of carbonyl (C=O) groups excluding carboxylic acids is 1. The normalized spacial score (nSPS) is 21.6. The first-order valence-corrected chi connectivity index (χ1v) is 10.2. The maximum absolute atomic E-state index is 13.3. The molecule has 1 aromatic rings. The average molecular weight is 452 g/mol. The molecule has 2 fully saturated rings. The Balaban J connectivity index is 0.00000210. The monoisotopic (exact) mass is 451 g/mol. The number of amides is 1. The van der Waals surface area contributed by atoms with Crippen LogP contribution in [0.1, 0.15) is 44.6 Å². The first kappa shape index (κ1) is 26.1. The van der Waals surface area contributed by atoms with Gasteiger partial charge in [-0.3, -0.25) is 9.69 Å². The summed E-state index contributed by atoms with van der Waals surface area (Å²) >= 11 is 0. The Bertz CT molecular complexity index is 636. The van der Waals surface area contributed by atoms with Crippen LogP contribution in [-0.2, 0) is 11.3 Å². The van der Waals surface area contributed by atoms with Gasteiger partial charge in [-0.15, -0.1) is 24.8 Å². The van der Waals surface area contributed by atoms with E-state index in [-0.39, 0.29) is 36.8 Å². The lowest BCUT2D eigenvalue weighted by Gasteiger charge is -2.33. The summed E-state index contributed by atoms with van der Waals surface area (Å²) in [5, 5.41) is 6.61. The van der Waals surface area contributed by atoms with Gasteiger partial charge in [0.25, 0.3) is 0 Å². The first-order valence-electron chi connectivity index (χ1n) is 10.2. The number of benzene rings is 1. The molecule has 2 heterocycles. The Labute approximate surface area is 185 Å².